The number of nitrogens with one attached hydrogen (secondary N) is 1. The van der Waals surface area contributed by atoms with Crippen LogP contribution in [0.1, 0.15) is 64.2 Å². The van der Waals surface area contributed by atoms with E-state index >= 15 is 0 Å². The lowest BCUT2D eigenvalue weighted by Crippen LogP contribution is -2.45. The molecule has 0 aliphatic heterocycles. The third kappa shape index (κ3) is 4.63. The zero-order chi connectivity index (χ0) is 11.2. The van der Waals surface area contributed by atoms with Crippen LogP contribution in [0.3, 0.4) is 0 Å². The Morgan fingerprint density at radius 3 is 2.29 bits per heavy atom. The SMILES string of the molecule is C=CCC1CCCCC1NC1CCCCC1.Cl. The first-order valence-corrected chi connectivity index (χ1v) is 7.27. The number of hydrogen-bond acceptors (Lipinski definition) is 1. The van der Waals surface area contributed by atoms with E-state index in [2.05, 4.69) is 18.0 Å². The van der Waals surface area contributed by atoms with Crippen LogP contribution in [-0.2, 0) is 0 Å². The molecule has 0 saturated heterocycles. The molecule has 0 bridgehead atoms. The van der Waals surface area contributed by atoms with E-state index in [-0.39, 0.29) is 12.4 Å². The molecular weight excluding hydrogens is 230 g/mol. The Labute approximate surface area is 113 Å². The predicted octanol–water partition coefficient (Wildman–Crippen LogP) is 4.47. The molecule has 1 N–H and O–H groups in total. The summed E-state index contributed by atoms with van der Waals surface area (Å²) in [5.41, 5.74) is 0. The number of allylic oxidation sites excluding steroid dienone is 1. The largest absolute Gasteiger partial charge is 0.311 e. The van der Waals surface area contributed by atoms with Gasteiger partial charge in [-0.1, -0.05) is 38.2 Å². The van der Waals surface area contributed by atoms with Gasteiger partial charge in [0.15, 0.2) is 0 Å². The Morgan fingerprint density at radius 2 is 1.59 bits per heavy atom. The molecule has 0 radical (unpaired) electrons. The maximum atomic E-state index is 3.94. The van der Waals surface area contributed by atoms with E-state index in [0.717, 1.165) is 18.0 Å². The van der Waals surface area contributed by atoms with Crippen LogP contribution in [0, 0.1) is 5.92 Å². The summed E-state index contributed by atoms with van der Waals surface area (Å²) < 4.78 is 0. The van der Waals surface area contributed by atoms with Gasteiger partial charge in [-0.2, -0.15) is 0 Å². The van der Waals surface area contributed by atoms with Crippen LogP contribution in [0.4, 0.5) is 0 Å². The molecule has 2 atom stereocenters. The maximum absolute atomic E-state index is 3.94. The molecule has 0 aromatic heterocycles. The normalized spacial score (nSPS) is 30.6. The van der Waals surface area contributed by atoms with E-state index in [4.69, 9.17) is 0 Å². The minimum Gasteiger partial charge on any atom is -0.311 e. The van der Waals surface area contributed by atoms with Gasteiger partial charge in [-0.15, -0.1) is 19.0 Å². The quantitative estimate of drug-likeness (QED) is 0.733. The Bertz CT molecular complexity index is 211. The van der Waals surface area contributed by atoms with Crippen molar-refractivity contribution in [3.63, 3.8) is 0 Å². The van der Waals surface area contributed by atoms with Crippen LogP contribution in [0.2, 0.25) is 0 Å². The van der Waals surface area contributed by atoms with Gasteiger partial charge in [0.2, 0.25) is 0 Å². The molecule has 2 rings (SSSR count). The molecule has 2 fully saturated rings. The van der Waals surface area contributed by atoms with Gasteiger partial charge in [0.25, 0.3) is 0 Å². The van der Waals surface area contributed by atoms with Crippen LogP contribution < -0.4 is 5.32 Å². The molecule has 0 amide bonds. The molecular formula is C15H28ClN. The highest BCUT2D eigenvalue weighted by Gasteiger charge is 2.26. The summed E-state index contributed by atoms with van der Waals surface area (Å²) in [4.78, 5) is 0. The molecule has 2 heteroatoms. The highest BCUT2D eigenvalue weighted by molar-refractivity contribution is 5.85. The van der Waals surface area contributed by atoms with E-state index in [9.17, 15) is 0 Å². The summed E-state index contributed by atoms with van der Waals surface area (Å²) in [6.07, 6.45) is 16.2. The van der Waals surface area contributed by atoms with Crippen LogP contribution in [0.25, 0.3) is 0 Å². The molecule has 100 valence electrons. The summed E-state index contributed by atoms with van der Waals surface area (Å²) >= 11 is 0. The third-order valence-corrected chi connectivity index (χ3v) is 4.43. The third-order valence-electron chi connectivity index (χ3n) is 4.43. The molecule has 0 aromatic rings. The standard InChI is InChI=1S/C15H27N.ClH/c1-2-8-13-9-6-7-12-15(13)16-14-10-4-3-5-11-14;/h2,13-16H,1,3-12H2;1H. The first kappa shape index (κ1) is 15.0. The Hall–Kier alpha value is -0.0100. The van der Waals surface area contributed by atoms with Crippen LogP contribution in [0.15, 0.2) is 12.7 Å². The van der Waals surface area contributed by atoms with Gasteiger partial charge in [0.1, 0.15) is 0 Å². The van der Waals surface area contributed by atoms with Crippen molar-refractivity contribution in [2.45, 2.75) is 76.3 Å². The van der Waals surface area contributed by atoms with Crippen molar-refractivity contribution in [2.24, 2.45) is 5.92 Å². The molecule has 1 nitrogen and oxygen atoms in total. The van der Waals surface area contributed by atoms with Gasteiger partial charge < -0.3 is 5.32 Å². The van der Waals surface area contributed by atoms with E-state index in [0.29, 0.717) is 0 Å². The fraction of sp³-hybridized carbons (Fsp3) is 0.867. The minimum atomic E-state index is 0. The summed E-state index contributed by atoms with van der Waals surface area (Å²) in [7, 11) is 0. The second kappa shape index (κ2) is 8.16. The zero-order valence-electron chi connectivity index (χ0n) is 11.0. The van der Waals surface area contributed by atoms with Crippen LogP contribution >= 0.6 is 12.4 Å². The second-order valence-electron chi connectivity index (χ2n) is 5.68. The van der Waals surface area contributed by atoms with Crippen molar-refractivity contribution >= 4 is 12.4 Å². The van der Waals surface area contributed by atoms with E-state index in [1.165, 1.54) is 64.2 Å². The van der Waals surface area contributed by atoms with Crippen molar-refractivity contribution in [3.8, 4) is 0 Å². The lowest BCUT2D eigenvalue weighted by atomic mass is 9.81. The predicted molar refractivity (Wildman–Crippen MR) is 77.8 cm³/mol. The van der Waals surface area contributed by atoms with Crippen molar-refractivity contribution in [1.29, 1.82) is 0 Å². The number of rotatable bonds is 4. The highest BCUT2D eigenvalue weighted by atomic mass is 35.5. The molecule has 2 saturated carbocycles. The van der Waals surface area contributed by atoms with Gasteiger partial charge in [-0.05, 0) is 38.0 Å². The smallest absolute Gasteiger partial charge is 0.0101 e. The number of halogens is 1. The van der Waals surface area contributed by atoms with Gasteiger partial charge in [-0.3, -0.25) is 0 Å². The Kier molecular flexibility index (Phi) is 7.22. The van der Waals surface area contributed by atoms with Gasteiger partial charge in [-0.25, -0.2) is 0 Å². The fourth-order valence-electron chi connectivity index (χ4n) is 3.50. The van der Waals surface area contributed by atoms with Gasteiger partial charge >= 0.3 is 0 Å². The lowest BCUT2D eigenvalue weighted by Gasteiger charge is -2.36. The van der Waals surface area contributed by atoms with E-state index in [1.807, 2.05) is 0 Å². The first-order valence-electron chi connectivity index (χ1n) is 7.27. The van der Waals surface area contributed by atoms with Gasteiger partial charge in [0.05, 0.1) is 0 Å². The van der Waals surface area contributed by atoms with E-state index in [1.54, 1.807) is 0 Å². The summed E-state index contributed by atoms with van der Waals surface area (Å²) in [5.74, 6) is 0.869. The van der Waals surface area contributed by atoms with Crippen molar-refractivity contribution in [1.82, 2.24) is 5.32 Å². The molecule has 2 aliphatic carbocycles. The summed E-state index contributed by atoms with van der Waals surface area (Å²) in [6, 6.07) is 1.61. The van der Waals surface area contributed by atoms with E-state index < -0.39 is 0 Å². The first-order chi connectivity index (χ1) is 7.90. The van der Waals surface area contributed by atoms with Gasteiger partial charge in [0, 0.05) is 12.1 Å². The molecule has 17 heavy (non-hydrogen) atoms. The fourth-order valence-corrected chi connectivity index (χ4v) is 3.50. The number of hydrogen-bond donors (Lipinski definition) is 1. The summed E-state index contributed by atoms with van der Waals surface area (Å²) in [5, 5.41) is 3.94. The van der Waals surface area contributed by atoms with Crippen LogP contribution in [-0.4, -0.2) is 12.1 Å². The molecule has 0 spiro atoms. The van der Waals surface area contributed by atoms with Crippen molar-refractivity contribution < 1.29 is 0 Å². The monoisotopic (exact) mass is 257 g/mol. The average Bonchev–Trinajstić information content (AvgIpc) is 2.33. The minimum absolute atomic E-state index is 0. The molecule has 0 aromatic carbocycles. The summed E-state index contributed by atoms with van der Waals surface area (Å²) in [6.45, 7) is 3.91. The molecule has 2 unspecified atom stereocenters. The second-order valence-corrected chi connectivity index (χ2v) is 5.68. The topological polar surface area (TPSA) is 12.0 Å². The lowest BCUT2D eigenvalue weighted by molar-refractivity contribution is 0.223. The Morgan fingerprint density at radius 1 is 0.941 bits per heavy atom. The Balaban J connectivity index is 0.00000144. The van der Waals surface area contributed by atoms with Crippen LogP contribution in [0.5, 0.6) is 0 Å². The van der Waals surface area contributed by atoms with Crippen molar-refractivity contribution in [3.05, 3.63) is 12.7 Å². The van der Waals surface area contributed by atoms with Crippen molar-refractivity contribution in [2.75, 3.05) is 0 Å². The highest BCUT2D eigenvalue weighted by Crippen LogP contribution is 2.29. The maximum Gasteiger partial charge on any atom is 0.0101 e. The zero-order valence-corrected chi connectivity index (χ0v) is 11.8. The molecule has 0 heterocycles. The molecule has 2 aliphatic rings. The average molecular weight is 258 g/mol.